The van der Waals surface area contributed by atoms with E-state index in [1.165, 1.54) is 0 Å². The highest BCUT2D eigenvalue weighted by Gasteiger charge is 2.15. The monoisotopic (exact) mass is 311 g/mol. The molecule has 1 aromatic heterocycles. The van der Waals surface area contributed by atoms with Crippen LogP contribution in [0.2, 0.25) is 0 Å². The van der Waals surface area contributed by atoms with Crippen LogP contribution in [0, 0.1) is 0 Å². The first-order valence-corrected chi connectivity index (χ1v) is 6.08. The molecule has 0 amide bonds. The molecule has 5 nitrogen and oxygen atoms in total. The van der Waals surface area contributed by atoms with Crippen molar-refractivity contribution in [3.8, 4) is 22.8 Å². The Labute approximate surface area is 114 Å². The molecule has 2 rings (SSSR count). The van der Waals surface area contributed by atoms with Gasteiger partial charge in [0.05, 0.1) is 18.7 Å². The van der Waals surface area contributed by atoms with Crippen molar-refractivity contribution in [2.75, 3.05) is 20.0 Å². The maximum atomic E-state index is 5.86. The number of methoxy groups -OCH3 is 2. The van der Waals surface area contributed by atoms with E-state index in [0.717, 1.165) is 15.7 Å². The third-order valence-corrected chi connectivity index (χ3v) is 3.47. The Balaban J connectivity index is 2.54. The van der Waals surface area contributed by atoms with Gasteiger partial charge in [0.1, 0.15) is 11.5 Å². The molecular weight excluding hydrogens is 298 g/mol. The quantitative estimate of drug-likeness (QED) is 0.945. The molecule has 0 bridgehead atoms. The summed E-state index contributed by atoms with van der Waals surface area (Å²) in [5, 5.41) is 4.36. The topological polar surface area (TPSA) is 62.3 Å². The van der Waals surface area contributed by atoms with Crippen LogP contribution in [0.3, 0.4) is 0 Å². The SMILES string of the molecule is COc1ccc(-c2nn(C)c(N)c2Br)cc1OC. The van der Waals surface area contributed by atoms with Gasteiger partial charge in [-0.25, -0.2) is 0 Å². The number of nitrogens with zero attached hydrogens (tertiary/aromatic N) is 2. The van der Waals surface area contributed by atoms with Gasteiger partial charge in [0.2, 0.25) is 0 Å². The smallest absolute Gasteiger partial charge is 0.161 e. The lowest BCUT2D eigenvalue weighted by Gasteiger charge is -2.08. The molecule has 0 fully saturated rings. The second-order valence-electron chi connectivity index (χ2n) is 3.74. The van der Waals surface area contributed by atoms with Crippen LogP contribution in [0.5, 0.6) is 11.5 Å². The van der Waals surface area contributed by atoms with Crippen molar-refractivity contribution >= 4 is 21.7 Å². The Morgan fingerprint density at radius 1 is 1.22 bits per heavy atom. The fourth-order valence-electron chi connectivity index (χ4n) is 1.68. The molecule has 0 radical (unpaired) electrons. The summed E-state index contributed by atoms with van der Waals surface area (Å²) in [7, 11) is 5.00. The Morgan fingerprint density at radius 2 is 1.89 bits per heavy atom. The Bertz CT molecular complexity index is 581. The molecule has 0 spiro atoms. The molecular formula is C12H14BrN3O2. The van der Waals surface area contributed by atoms with Crippen molar-refractivity contribution in [1.82, 2.24) is 9.78 Å². The largest absolute Gasteiger partial charge is 0.493 e. The fourth-order valence-corrected chi connectivity index (χ4v) is 2.24. The van der Waals surface area contributed by atoms with Crippen LogP contribution in [0.15, 0.2) is 22.7 Å². The van der Waals surface area contributed by atoms with Crippen LogP contribution in [0.4, 0.5) is 5.82 Å². The minimum atomic E-state index is 0.583. The summed E-state index contributed by atoms with van der Waals surface area (Å²) in [6, 6.07) is 5.62. The summed E-state index contributed by atoms with van der Waals surface area (Å²) in [4.78, 5) is 0. The summed E-state index contributed by atoms with van der Waals surface area (Å²) in [6.45, 7) is 0. The van der Waals surface area contributed by atoms with E-state index < -0.39 is 0 Å². The van der Waals surface area contributed by atoms with E-state index in [1.807, 2.05) is 18.2 Å². The molecule has 18 heavy (non-hydrogen) atoms. The third kappa shape index (κ3) is 2.03. The molecule has 1 aromatic carbocycles. The number of aromatic nitrogens is 2. The van der Waals surface area contributed by atoms with E-state index >= 15 is 0 Å². The van der Waals surface area contributed by atoms with Crippen LogP contribution in [-0.4, -0.2) is 24.0 Å². The number of ether oxygens (including phenoxy) is 2. The van der Waals surface area contributed by atoms with Crippen molar-refractivity contribution in [3.63, 3.8) is 0 Å². The fraction of sp³-hybridized carbons (Fsp3) is 0.250. The normalized spacial score (nSPS) is 10.4. The lowest BCUT2D eigenvalue weighted by Crippen LogP contribution is -1.97. The Kier molecular flexibility index (Phi) is 3.47. The lowest BCUT2D eigenvalue weighted by molar-refractivity contribution is 0.355. The number of benzene rings is 1. The number of halogens is 1. The van der Waals surface area contributed by atoms with Crippen molar-refractivity contribution in [1.29, 1.82) is 0 Å². The van der Waals surface area contributed by atoms with Crippen LogP contribution in [0.25, 0.3) is 11.3 Å². The van der Waals surface area contributed by atoms with E-state index in [2.05, 4.69) is 21.0 Å². The third-order valence-electron chi connectivity index (χ3n) is 2.69. The Morgan fingerprint density at radius 3 is 2.39 bits per heavy atom. The number of anilines is 1. The van der Waals surface area contributed by atoms with Gasteiger partial charge in [0.15, 0.2) is 11.5 Å². The highest BCUT2D eigenvalue weighted by Crippen LogP contribution is 2.36. The minimum absolute atomic E-state index is 0.583. The Hall–Kier alpha value is -1.69. The summed E-state index contributed by atoms with van der Waals surface area (Å²) < 4.78 is 12.9. The first kappa shape index (κ1) is 12.8. The summed E-state index contributed by atoms with van der Waals surface area (Å²) in [6.07, 6.45) is 0. The number of aryl methyl sites for hydroxylation is 1. The zero-order valence-electron chi connectivity index (χ0n) is 10.4. The second kappa shape index (κ2) is 4.89. The predicted molar refractivity (Wildman–Crippen MR) is 73.9 cm³/mol. The van der Waals surface area contributed by atoms with Gasteiger partial charge in [-0.1, -0.05) is 0 Å². The molecule has 6 heteroatoms. The molecule has 0 atom stereocenters. The van der Waals surface area contributed by atoms with Gasteiger partial charge in [-0.05, 0) is 34.1 Å². The minimum Gasteiger partial charge on any atom is -0.493 e. The van der Waals surface area contributed by atoms with E-state index in [1.54, 1.807) is 25.9 Å². The molecule has 0 saturated carbocycles. The number of hydrogen-bond donors (Lipinski definition) is 1. The van der Waals surface area contributed by atoms with Gasteiger partial charge in [0.25, 0.3) is 0 Å². The van der Waals surface area contributed by atoms with Crippen LogP contribution >= 0.6 is 15.9 Å². The molecule has 96 valence electrons. The van der Waals surface area contributed by atoms with Crippen LogP contribution in [-0.2, 0) is 7.05 Å². The lowest BCUT2D eigenvalue weighted by atomic mass is 10.1. The van der Waals surface area contributed by atoms with Gasteiger partial charge in [-0.2, -0.15) is 5.10 Å². The zero-order valence-corrected chi connectivity index (χ0v) is 12.0. The number of hydrogen-bond acceptors (Lipinski definition) is 4. The van der Waals surface area contributed by atoms with Gasteiger partial charge in [-0.3, -0.25) is 4.68 Å². The van der Waals surface area contributed by atoms with Crippen molar-refractivity contribution in [2.24, 2.45) is 7.05 Å². The number of rotatable bonds is 3. The van der Waals surface area contributed by atoms with Gasteiger partial charge >= 0.3 is 0 Å². The molecule has 0 saturated heterocycles. The molecule has 2 N–H and O–H groups in total. The van der Waals surface area contributed by atoms with Gasteiger partial charge < -0.3 is 15.2 Å². The molecule has 0 unspecified atom stereocenters. The summed E-state index contributed by atoms with van der Waals surface area (Å²) >= 11 is 3.44. The van der Waals surface area contributed by atoms with E-state index in [-0.39, 0.29) is 0 Å². The van der Waals surface area contributed by atoms with Gasteiger partial charge in [0, 0.05) is 12.6 Å². The molecule has 0 aliphatic heterocycles. The van der Waals surface area contributed by atoms with Crippen LogP contribution < -0.4 is 15.2 Å². The maximum Gasteiger partial charge on any atom is 0.161 e. The maximum absolute atomic E-state index is 5.86. The highest BCUT2D eigenvalue weighted by atomic mass is 79.9. The molecule has 1 heterocycles. The predicted octanol–water partition coefficient (Wildman–Crippen LogP) is 2.45. The van der Waals surface area contributed by atoms with Crippen LogP contribution in [0.1, 0.15) is 0 Å². The van der Waals surface area contributed by atoms with Gasteiger partial charge in [-0.15, -0.1) is 0 Å². The number of nitrogen functional groups attached to an aromatic ring is 1. The second-order valence-corrected chi connectivity index (χ2v) is 4.53. The average Bonchev–Trinajstić information content (AvgIpc) is 2.65. The van der Waals surface area contributed by atoms with E-state index in [0.29, 0.717) is 17.3 Å². The summed E-state index contributed by atoms with van der Waals surface area (Å²) in [5.41, 5.74) is 7.55. The van der Waals surface area contributed by atoms with Crippen molar-refractivity contribution in [2.45, 2.75) is 0 Å². The number of nitrogens with two attached hydrogens (primary N) is 1. The summed E-state index contributed by atoms with van der Waals surface area (Å²) in [5.74, 6) is 1.92. The molecule has 0 aliphatic rings. The first-order chi connectivity index (χ1) is 8.58. The average molecular weight is 312 g/mol. The first-order valence-electron chi connectivity index (χ1n) is 5.28. The van der Waals surface area contributed by atoms with E-state index in [9.17, 15) is 0 Å². The van der Waals surface area contributed by atoms with E-state index in [4.69, 9.17) is 15.2 Å². The van der Waals surface area contributed by atoms with Crippen molar-refractivity contribution < 1.29 is 9.47 Å². The molecule has 0 aliphatic carbocycles. The molecule has 2 aromatic rings. The zero-order chi connectivity index (χ0) is 13.3. The van der Waals surface area contributed by atoms with Crippen molar-refractivity contribution in [3.05, 3.63) is 22.7 Å². The standard InChI is InChI=1S/C12H14BrN3O2/c1-16-12(14)10(13)11(15-16)7-4-5-8(17-2)9(6-7)18-3/h4-6H,14H2,1-3H3. The highest BCUT2D eigenvalue weighted by molar-refractivity contribution is 9.10.